The molecule has 0 saturated heterocycles. The van der Waals surface area contributed by atoms with Crippen LogP contribution in [-0.2, 0) is 4.79 Å². The molecule has 2 heterocycles. The van der Waals surface area contributed by atoms with Gasteiger partial charge in [-0.3, -0.25) is 9.59 Å². The van der Waals surface area contributed by atoms with Crippen LogP contribution in [0.15, 0.2) is 48.8 Å². The number of nitrogens with one attached hydrogen (secondary N) is 1. The second-order valence-electron chi connectivity index (χ2n) is 5.67. The van der Waals surface area contributed by atoms with E-state index in [0.717, 1.165) is 16.9 Å². The lowest BCUT2D eigenvalue weighted by Crippen LogP contribution is -2.22. The Bertz CT molecular complexity index is 912. The summed E-state index contributed by atoms with van der Waals surface area (Å²) in [5, 5.41) is 2.81. The van der Waals surface area contributed by atoms with E-state index in [0.29, 0.717) is 11.4 Å². The van der Waals surface area contributed by atoms with E-state index in [1.165, 1.54) is 11.8 Å². The second-order valence-corrected chi connectivity index (χ2v) is 5.67. The predicted octanol–water partition coefficient (Wildman–Crippen LogP) is 2.88. The molecule has 0 aliphatic heterocycles. The highest BCUT2D eigenvalue weighted by Crippen LogP contribution is 2.18. The first-order chi connectivity index (χ1) is 11.4. The van der Waals surface area contributed by atoms with Gasteiger partial charge in [-0.2, -0.15) is 0 Å². The predicted molar refractivity (Wildman–Crippen MR) is 93.4 cm³/mol. The molecule has 1 aromatic carbocycles. The summed E-state index contributed by atoms with van der Waals surface area (Å²) in [7, 11) is 1.70. The fourth-order valence-corrected chi connectivity index (χ4v) is 2.34. The van der Waals surface area contributed by atoms with Gasteiger partial charge < -0.3 is 14.6 Å². The van der Waals surface area contributed by atoms with Crippen molar-refractivity contribution in [1.82, 2.24) is 9.38 Å². The van der Waals surface area contributed by atoms with Crippen LogP contribution in [-0.4, -0.2) is 28.2 Å². The Kier molecular flexibility index (Phi) is 4.04. The van der Waals surface area contributed by atoms with Crippen LogP contribution in [0.3, 0.4) is 0 Å². The van der Waals surface area contributed by atoms with Gasteiger partial charge in [0.2, 0.25) is 5.91 Å². The molecule has 6 nitrogen and oxygen atoms in total. The van der Waals surface area contributed by atoms with E-state index in [4.69, 9.17) is 0 Å². The number of carbonyl (C=O) groups is 2. The molecule has 0 bridgehead atoms. The van der Waals surface area contributed by atoms with Crippen molar-refractivity contribution in [3.05, 3.63) is 60.0 Å². The summed E-state index contributed by atoms with van der Waals surface area (Å²) >= 11 is 0. The third kappa shape index (κ3) is 3.12. The molecule has 2 aromatic heterocycles. The Morgan fingerprint density at radius 1 is 1.17 bits per heavy atom. The van der Waals surface area contributed by atoms with E-state index in [2.05, 4.69) is 10.3 Å². The van der Waals surface area contributed by atoms with Crippen molar-refractivity contribution in [3.63, 3.8) is 0 Å². The van der Waals surface area contributed by atoms with Gasteiger partial charge >= 0.3 is 0 Å². The molecule has 24 heavy (non-hydrogen) atoms. The zero-order valence-electron chi connectivity index (χ0n) is 13.8. The molecule has 0 radical (unpaired) electrons. The van der Waals surface area contributed by atoms with Crippen LogP contribution < -0.4 is 10.2 Å². The van der Waals surface area contributed by atoms with Crippen molar-refractivity contribution in [2.45, 2.75) is 13.8 Å². The number of carbonyl (C=O) groups excluding carboxylic acids is 2. The van der Waals surface area contributed by atoms with Crippen LogP contribution in [0.4, 0.5) is 11.4 Å². The molecular weight excluding hydrogens is 304 g/mol. The van der Waals surface area contributed by atoms with Crippen LogP contribution in [0.25, 0.3) is 5.65 Å². The third-order valence-electron chi connectivity index (χ3n) is 3.83. The molecule has 3 aromatic rings. The first kappa shape index (κ1) is 15.7. The number of amides is 2. The van der Waals surface area contributed by atoms with E-state index in [-0.39, 0.29) is 11.8 Å². The largest absolute Gasteiger partial charge is 0.321 e. The number of nitrogens with zero attached hydrogens (tertiary/aromatic N) is 3. The maximum atomic E-state index is 12.3. The number of benzene rings is 1. The standard InChI is InChI=1S/C18H18N4O2/c1-12-8-9-22-11-16(20-17(22)10-12)18(24)19-14-4-6-15(7-5-14)21(3)13(2)23/h4-11H,1-3H3,(H,19,24). The summed E-state index contributed by atoms with van der Waals surface area (Å²) < 4.78 is 1.81. The number of hydrogen-bond donors (Lipinski definition) is 1. The van der Waals surface area contributed by atoms with Gasteiger partial charge in [0, 0.05) is 37.7 Å². The van der Waals surface area contributed by atoms with Crippen LogP contribution >= 0.6 is 0 Å². The highest BCUT2D eigenvalue weighted by atomic mass is 16.2. The van der Waals surface area contributed by atoms with Crippen LogP contribution in [0.2, 0.25) is 0 Å². The van der Waals surface area contributed by atoms with Crippen molar-refractivity contribution < 1.29 is 9.59 Å². The minimum absolute atomic E-state index is 0.0493. The fourth-order valence-electron chi connectivity index (χ4n) is 2.34. The average molecular weight is 322 g/mol. The number of aryl methyl sites for hydroxylation is 1. The molecule has 0 unspecified atom stereocenters. The lowest BCUT2D eigenvalue weighted by atomic mass is 10.2. The second kappa shape index (κ2) is 6.16. The van der Waals surface area contributed by atoms with Crippen molar-refractivity contribution in [3.8, 4) is 0 Å². The maximum absolute atomic E-state index is 12.3. The van der Waals surface area contributed by atoms with Gasteiger partial charge in [-0.15, -0.1) is 0 Å². The van der Waals surface area contributed by atoms with E-state index >= 15 is 0 Å². The van der Waals surface area contributed by atoms with Gasteiger partial charge in [-0.05, 0) is 48.9 Å². The Hall–Kier alpha value is -3.15. The topological polar surface area (TPSA) is 66.7 Å². The van der Waals surface area contributed by atoms with Crippen molar-refractivity contribution in [1.29, 1.82) is 0 Å². The quantitative estimate of drug-likeness (QED) is 0.806. The summed E-state index contributed by atoms with van der Waals surface area (Å²) in [4.78, 5) is 29.6. The number of imidazole rings is 1. The Morgan fingerprint density at radius 3 is 2.54 bits per heavy atom. The number of rotatable bonds is 3. The Morgan fingerprint density at radius 2 is 1.88 bits per heavy atom. The number of pyridine rings is 1. The normalized spacial score (nSPS) is 10.6. The number of aromatic nitrogens is 2. The number of anilines is 2. The van der Waals surface area contributed by atoms with E-state index in [1.54, 1.807) is 37.5 Å². The fraction of sp³-hybridized carbons (Fsp3) is 0.167. The summed E-state index contributed by atoms with van der Waals surface area (Å²) in [5.74, 6) is -0.323. The maximum Gasteiger partial charge on any atom is 0.275 e. The van der Waals surface area contributed by atoms with Crippen molar-refractivity contribution >= 4 is 28.8 Å². The zero-order chi connectivity index (χ0) is 17.3. The van der Waals surface area contributed by atoms with E-state index in [9.17, 15) is 9.59 Å². The minimum atomic E-state index is -0.274. The highest BCUT2D eigenvalue weighted by molar-refractivity contribution is 6.03. The van der Waals surface area contributed by atoms with E-state index < -0.39 is 0 Å². The summed E-state index contributed by atoms with van der Waals surface area (Å²) in [6.07, 6.45) is 3.57. The van der Waals surface area contributed by atoms with Gasteiger partial charge in [0.1, 0.15) is 11.3 Å². The van der Waals surface area contributed by atoms with Gasteiger partial charge in [0.05, 0.1) is 0 Å². The molecule has 3 rings (SSSR count). The summed E-state index contributed by atoms with van der Waals surface area (Å²) in [5.41, 5.74) is 3.59. The van der Waals surface area contributed by atoms with Gasteiger partial charge in [0.15, 0.2) is 0 Å². The molecule has 6 heteroatoms. The molecular formula is C18H18N4O2. The summed E-state index contributed by atoms with van der Waals surface area (Å²) in [6.45, 7) is 3.48. The molecule has 0 fully saturated rings. The Balaban J connectivity index is 1.77. The third-order valence-corrected chi connectivity index (χ3v) is 3.83. The lowest BCUT2D eigenvalue weighted by molar-refractivity contribution is -0.116. The smallest absolute Gasteiger partial charge is 0.275 e. The number of fused-ring (bicyclic) bond motifs is 1. The molecule has 1 N–H and O–H groups in total. The number of hydrogen-bond acceptors (Lipinski definition) is 3. The van der Waals surface area contributed by atoms with Crippen LogP contribution in [0, 0.1) is 6.92 Å². The van der Waals surface area contributed by atoms with Crippen molar-refractivity contribution in [2.24, 2.45) is 0 Å². The first-order valence-corrected chi connectivity index (χ1v) is 7.55. The summed E-state index contributed by atoms with van der Waals surface area (Å²) in [6, 6.07) is 11.0. The minimum Gasteiger partial charge on any atom is -0.321 e. The van der Waals surface area contributed by atoms with Crippen LogP contribution in [0.5, 0.6) is 0 Å². The van der Waals surface area contributed by atoms with Gasteiger partial charge in [-0.25, -0.2) is 4.98 Å². The zero-order valence-corrected chi connectivity index (χ0v) is 13.8. The lowest BCUT2D eigenvalue weighted by Gasteiger charge is -2.15. The molecule has 0 saturated carbocycles. The molecule has 0 atom stereocenters. The van der Waals surface area contributed by atoms with Gasteiger partial charge in [-0.1, -0.05) is 0 Å². The highest BCUT2D eigenvalue weighted by Gasteiger charge is 2.12. The SMILES string of the molecule is CC(=O)N(C)c1ccc(NC(=O)c2cn3ccc(C)cc3n2)cc1. The molecule has 0 spiro atoms. The molecule has 122 valence electrons. The molecule has 0 aliphatic rings. The van der Waals surface area contributed by atoms with Crippen LogP contribution in [0.1, 0.15) is 23.0 Å². The first-order valence-electron chi connectivity index (χ1n) is 7.55. The van der Waals surface area contributed by atoms with Gasteiger partial charge in [0.25, 0.3) is 5.91 Å². The molecule has 0 aliphatic carbocycles. The van der Waals surface area contributed by atoms with Crippen molar-refractivity contribution in [2.75, 3.05) is 17.3 Å². The molecule has 2 amide bonds. The Labute approximate surface area is 139 Å². The monoisotopic (exact) mass is 322 g/mol. The average Bonchev–Trinajstić information content (AvgIpc) is 2.98. The van der Waals surface area contributed by atoms with E-state index in [1.807, 2.05) is 29.7 Å².